The maximum atomic E-state index is 13.6. The molecule has 238 valence electrons. The monoisotopic (exact) mass is 654 g/mol. The molecule has 1 aromatic heterocycles. The Bertz CT molecular complexity index is 2100. The molecule has 1 aliphatic heterocycles. The van der Waals surface area contributed by atoms with Crippen LogP contribution >= 0.6 is 11.6 Å². The van der Waals surface area contributed by atoms with E-state index in [4.69, 9.17) is 21.3 Å². The van der Waals surface area contributed by atoms with Crippen molar-refractivity contribution >= 4 is 51.8 Å². The Kier molecular flexibility index (Phi) is 7.45. The van der Waals surface area contributed by atoms with Crippen LogP contribution in [0, 0.1) is 30.6 Å². The van der Waals surface area contributed by atoms with Gasteiger partial charge in [-0.15, -0.1) is 0 Å². The van der Waals surface area contributed by atoms with E-state index in [9.17, 15) is 19.2 Å². The van der Waals surface area contributed by atoms with Crippen molar-refractivity contribution in [1.29, 1.82) is 0 Å². The van der Waals surface area contributed by atoms with Crippen LogP contribution in [0.3, 0.4) is 0 Å². The van der Waals surface area contributed by atoms with Crippen LogP contribution in [-0.2, 0) is 14.3 Å². The normalized spacial score (nSPS) is 21.2. The maximum absolute atomic E-state index is 13.6. The fourth-order valence-electron chi connectivity index (χ4n) is 7.94. The molecule has 4 aromatic carbocycles. The fraction of sp³-hybridized carbons (Fsp3) is 0.225. The van der Waals surface area contributed by atoms with Crippen LogP contribution < -0.4 is 4.90 Å². The number of aromatic nitrogens is 1. The molecule has 2 aliphatic carbocycles. The van der Waals surface area contributed by atoms with Crippen LogP contribution in [0.5, 0.6) is 0 Å². The van der Waals surface area contributed by atoms with Crippen LogP contribution in [0.15, 0.2) is 97.1 Å². The molecule has 3 fully saturated rings. The summed E-state index contributed by atoms with van der Waals surface area (Å²) in [6.07, 6.45) is 3.03. The Balaban J connectivity index is 1.05. The fourth-order valence-corrected chi connectivity index (χ4v) is 8.09. The van der Waals surface area contributed by atoms with Crippen molar-refractivity contribution in [2.75, 3.05) is 11.5 Å². The van der Waals surface area contributed by atoms with Gasteiger partial charge in [0.1, 0.15) is 0 Å². The average molecular weight is 655 g/mol. The number of pyridine rings is 1. The predicted molar refractivity (Wildman–Crippen MR) is 184 cm³/mol. The highest BCUT2D eigenvalue weighted by molar-refractivity contribution is 6.32. The van der Waals surface area contributed by atoms with E-state index in [1.165, 1.54) is 4.90 Å². The Hall–Kier alpha value is -5.14. The van der Waals surface area contributed by atoms with E-state index in [0.717, 1.165) is 30.4 Å². The first-order valence-electron chi connectivity index (χ1n) is 16.2. The molecule has 1 saturated heterocycles. The lowest BCUT2D eigenvalue weighted by atomic mass is 9.81. The molecule has 8 rings (SSSR count). The Morgan fingerprint density at radius 1 is 0.812 bits per heavy atom. The van der Waals surface area contributed by atoms with Gasteiger partial charge >= 0.3 is 5.97 Å². The van der Waals surface area contributed by atoms with Gasteiger partial charge in [-0.1, -0.05) is 84.4 Å². The summed E-state index contributed by atoms with van der Waals surface area (Å²) in [6, 6.07) is 29.2. The molecule has 48 heavy (non-hydrogen) atoms. The van der Waals surface area contributed by atoms with E-state index in [-0.39, 0.29) is 35.0 Å². The van der Waals surface area contributed by atoms with Gasteiger partial charge in [-0.25, -0.2) is 9.78 Å². The minimum atomic E-state index is -0.661. The molecule has 4 atom stereocenters. The summed E-state index contributed by atoms with van der Waals surface area (Å²) in [5.41, 5.74) is 5.66. The molecule has 0 radical (unpaired) electrons. The summed E-state index contributed by atoms with van der Waals surface area (Å²) in [7, 11) is 0. The number of fused-ring (bicyclic) bond motifs is 6. The summed E-state index contributed by atoms with van der Waals surface area (Å²) in [6.45, 7) is 1.41. The topological polar surface area (TPSA) is 93.6 Å². The van der Waals surface area contributed by atoms with Crippen molar-refractivity contribution in [2.24, 2.45) is 23.7 Å². The summed E-state index contributed by atoms with van der Waals surface area (Å²) < 4.78 is 5.57. The lowest BCUT2D eigenvalue weighted by Crippen LogP contribution is -2.32. The number of imide groups is 1. The van der Waals surface area contributed by atoms with Gasteiger partial charge in [-0.05, 0) is 79.0 Å². The molecular formula is C40H31ClN2O5. The highest BCUT2D eigenvalue weighted by Gasteiger charge is 2.61. The number of anilines is 1. The van der Waals surface area contributed by atoms with Crippen LogP contribution in [0.2, 0.25) is 5.02 Å². The molecule has 0 spiro atoms. The summed E-state index contributed by atoms with van der Waals surface area (Å²) in [5.74, 6) is -0.931. The number of rotatable bonds is 7. The first-order valence-corrected chi connectivity index (χ1v) is 16.6. The Morgan fingerprint density at radius 2 is 1.44 bits per heavy atom. The lowest BCUT2D eigenvalue weighted by molar-refractivity contribution is -0.123. The molecule has 4 unspecified atom stereocenters. The van der Waals surface area contributed by atoms with Crippen molar-refractivity contribution in [3.8, 4) is 22.4 Å². The summed E-state index contributed by atoms with van der Waals surface area (Å²) in [5, 5.41) is 1.05. The number of halogens is 1. The highest BCUT2D eigenvalue weighted by Crippen LogP contribution is 2.56. The predicted octanol–water partition coefficient (Wildman–Crippen LogP) is 8.11. The number of hydrogen-bond acceptors (Lipinski definition) is 6. The van der Waals surface area contributed by atoms with Gasteiger partial charge < -0.3 is 4.74 Å². The first kappa shape index (κ1) is 30.2. The Labute approximate surface area is 282 Å². The third-order valence-electron chi connectivity index (χ3n) is 10.4. The molecule has 5 aromatic rings. The first-order chi connectivity index (χ1) is 23.3. The number of benzene rings is 4. The standard InChI is InChI=1S/C40H31ClN2O5/c1-22-32(41)18-17-30-31(40(47)48-21-34(44)26-9-7-24(8-10-26)23-5-3-2-4-6-23)20-33(42-37(22)30)25-13-15-29(16-14-25)43-38(45)35-27-11-12-28(19-27)36(35)39(43)46/h2-10,13-18,20,27-28,35-36H,11-12,19,21H2,1H3. The molecule has 2 amide bonds. The number of ether oxygens (including phenoxy) is 1. The zero-order chi connectivity index (χ0) is 33.1. The zero-order valence-electron chi connectivity index (χ0n) is 26.2. The van der Waals surface area contributed by atoms with Crippen molar-refractivity contribution in [1.82, 2.24) is 4.98 Å². The number of nitrogens with zero attached hydrogens (tertiary/aromatic N) is 2. The summed E-state index contributed by atoms with van der Waals surface area (Å²) in [4.78, 5) is 59.5. The second-order valence-corrected chi connectivity index (χ2v) is 13.4. The zero-order valence-corrected chi connectivity index (χ0v) is 26.9. The minimum Gasteiger partial charge on any atom is -0.454 e. The number of ketones is 1. The van der Waals surface area contributed by atoms with Crippen molar-refractivity contribution in [3.63, 3.8) is 0 Å². The van der Waals surface area contributed by atoms with Crippen LogP contribution in [0.4, 0.5) is 5.69 Å². The van der Waals surface area contributed by atoms with Crippen LogP contribution in [-0.4, -0.2) is 35.2 Å². The quantitative estimate of drug-likeness (QED) is 0.1000. The maximum Gasteiger partial charge on any atom is 0.339 e. The molecule has 2 heterocycles. The number of esters is 1. The minimum absolute atomic E-state index is 0.0919. The number of aryl methyl sites for hydroxylation is 1. The second kappa shape index (κ2) is 11.8. The van der Waals surface area contributed by atoms with Gasteiger partial charge in [-0.2, -0.15) is 0 Å². The molecule has 8 heteroatoms. The van der Waals surface area contributed by atoms with E-state index in [0.29, 0.717) is 55.8 Å². The third kappa shape index (κ3) is 5.01. The lowest BCUT2D eigenvalue weighted by Gasteiger charge is -2.19. The van der Waals surface area contributed by atoms with Crippen LogP contribution in [0.1, 0.15) is 45.5 Å². The largest absolute Gasteiger partial charge is 0.454 e. The van der Waals surface area contributed by atoms with E-state index in [1.807, 2.05) is 49.4 Å². The molecule has 7 nitrogen and oxygen atoms in total. The van der Waals surface area contributed by atoms with Crippen LogP contribution in [0.25, 0.3) is 33.3 Å². The summed E-state index contributed by atoms with van der Waals surface area (Å²) >= 11 is 6.45. The number of Topliss-reactive ketones (excluding diaryl/α,β-unsaturated/α-hetero) is 1. The number of amides is 2. The van der Waals surface area contributed by atoms with Gasteiger partial charge in [0.05, 0.1) is 34.3 Å². The van der Waals surface area contributed by atoms with E-state index >= 15 is 0 Å². The molecule has 2 bridgehead atoms. The highest BCUT2D eigenvalue weighted by atomic mass is 35.5. The van der Waals surface area contributed by atoms with E-state index < -0.39 is 12.6 Å². The van der Waals surface area contributed by atoms with Gasteiger partial charge in [0.15, 0.2) is 12.4 Å². The smallest absolute Gasteiger partial charge is 0.339 e. The van der Waals surface area contributed by atoms with Crippen molar-refractivity contribution in [2.45, 2.75) is 26.2 Å². The SMILES string of the molecule is Cc1c(Cl)ccc2c(C(=O)OCC(=O)c3ccc(-c4ccccc4)cc3)cc(-c3ccc(N4C(=O)C5C6CCC(C6)C5C4=O)cc3)nc12. The second-order valence-electron chi connectivity index (χ2n) is 13.0. The molecular weight excluding hydrogens is 624 g/mol. The van der Waals surface area contributed by atoms with Gasteiger partial charge in [-0.3, -0.25) is 19.3 Å². The van der Waals surface area contributed by atoms with E-state index in [1.54, 1.807) is 54.6 Å². The number of carbonyl (C=O) groups excluding carboxylic acids is 4. The van der Waals surface area contributed by atoms with Crippen molar-refractivity contribution < 1.29 is 23.9 Å². The molecule has 3 aliphatic rings. The molecule has 0 N–H and O–H groups in total. The van der Waals surface area contributed by atoms with Gasteiger partial charge in [0.2, 0.25) is 11.8 Å². The van der Waals surface area contributed by atoms with E-state index in [2.05, 4.69) is 0 Å². The number of carbonyl (C=O) groups is 4. The van der Waals surface area contributed by atoms with Crippen molar-refractivity contribution in [3.05, 3.63) is 119 Å². The average Bonchev–Trinajstić information content (AvgIpc) is 3.82. The Morgan fingerprint density at radius 3 is 2.10 bits per heavy atom. The number of hydrogen-bond donors (Lipinski definition) is 0. The van der Waals surface area contributed by atoms with Gasteiger partial charge in [0, 0.05) is 21.5 Å². The third-order valence-corrected chi connectivity index (χ3v) is 10.8. The van der Waals surface area contributed by atoms with Gasteiger partial charge in [0.25, 0.3) is 0 Å². The molecule has 2 saturated carbocycles.